The lowest BCUT2D eigenvalue weighted by Gasteiger charge is -2.30. The van der Waals surface area contributed by atoms with Crippen molar-refractivity contribution in [3.63, 3.8) is 0 Å². The summed E-state index contributed by atoms with van der Waals surface area (Å²) in [5, 5.41) is 9.34. The van der Waals surface area contributed by atoms with Gasteiger partial charge in [0.1, 0.15) is 0 Å². The summed E-state index contributed by atoms with van der Waals surface area (Å²) in [6.45, 7) is 8.98. The normalized spacial score (nSPS) is 33.2. The molecule has 1 saturated heterocycles. The fourth-order valence-electron chi connectivity index (χ4n) is 2.24. The van der Waals surface area contributed by atoms with Gasteiger partial charge in [0.2, 0.25) is 0 Å². The Morgan fingerprint density at radius 2 is 1.86 bits per heavy atom. The van der Waals surface area contributed by atoms with Gasteiger partial charge in [-0.2, -0.15) is 0 Å². The Kier molecular flexibility index (Phi) is 4.35. The van der Waals surface area contributed by atoms with Gasteiger partial charge in [-0.15, -0.1) is 0 Å². The minimum absolute atomic E-state index is 0.109. The zero-order chi connectivity index (χ0) is 10.7. The maximum atomic E-state index is 9.34. The third-order valence-electron chi connectivity index (χ3n) is 3.64. The molecule has 0 amide bonds. The average Bonchev–Trinajstić information content (AvgIpc) is 2.48. The maximum absolute atomic E-state index is 9.34. The van der Waals surface area contributed by atoms with Crippen LogP contribution in [0, 0.1) is 11.8 Å². The predicted octanol–water partition coefficient (Wildman–Crippen LogP) is 0.672. The molecule has 0 spiro atoms. The van der Waals surface area contributed by atoms with Crippen molar-refractivity contribution in [2.75, 3.05) is 19.7 Å². The van der Waals surface area contributed by atoms with Gasteiger partial charge in [-0.05, 0) is 18.3 Å². The number of likely N-dealkylation sites (tertiary alicyclic amines) is 1. The molecule has 0 saturated carbocycles. The Morgan fingerprint density at radius 3 is 2.21 bits per heavy atom. The van der Waals surface area contributed by atoms with Gasteiger partial charge < -0.3 is 10.8 Å². The second-order valence-electron chi connectivity index (χ2n) is 4.73. The second kappa shape index (κ2) is 5.10. The van der Waals surface area contributed by atoms with Crippen LogP contribution in [0.3, 0.4) is 0 Å². The Morgan fingerprint density at radius 1 is 1.36 bits per heavy atom. The minimum atomic E-state index is 0.109. The van der Waals surface area contributed by atoms with E-state index < -0.39 is 0 Å². The van der Waals surface area contributed by atoms with Crippen molar-refractivity contribution in [1.29, 1.82) is 0 Å². The predicted molar refractivity (Wildman–Crippen MR) is 59.0 cm³/mol. The van der Waals surface area contributed by atoms with Crippen LogP contribution in [0.15, 0.2) is 0 Å². The quantitative estimate of drug-likeness (QED) is 0.701. The summed E-state index contributed by atoms with van der Waals surface area (Å²) in [5.41, 5.74) is 6.00. The summed E-state index contributed by atoms with van der Waals surface area (Å²) in [5.74, 6) is 1.46. The molecule has 0 aliphatic carbocycles. The molecule has 4 unspecified atom stereocenters. The van der Waals surface area contributed by atoms with Crippen molar-refractivity contribution in [3.8, 4) is 0 Å². The van der Waals surface area contributed by atoms with Crippen LogP contribution in [0.25, 0.3) is 0 Å². The van der Waals surface area contributed by atoms with E-state index in [0.717, 1.165) is 31.3 Å². The van der Waals surface area contributed by atoms with E-state index in [4.69, 9.17) is 5.73 Å². The highest BCUT2D eigenvalue weighted by molar-refractivity contribution is 4.88. The van der Waals surface area contributed by atoms with E-state index in [1.54, 1.807) is 0 Å². The van der Waals surface area contributed by atoms with E-state index in [9.17, 15) is 5.11 Å². The van der Waals surface area contributed by atoms with Crippen molar-refractivity contribution < 1.29 is 5.11 Å². The standard InChI is InChI=1S/C11H24N2O/c1-4-10(12)11(7-14)13-5-8(2)9(3)6-13/h8-11,14H,4-7,12H2,1-3H3. The van der Waals surface area contributed by atoms with Crippen LogP contribution >= 0.6 is 0 Å². The number of hydrogen-bond acceptors (Lipinski definition) is 3. The monoisotopic (exact) mass is 200 g/mol. The van der Waals surface area contributed by atoms with Gasteiger partial charge in [0.15, 0.2) is 0 Å². The van der Waals surface area contributed by atoms with E-state index in [1.165, 1.54) is 0 Å². The van der Waals surface area contributed by atoms with Gasteiger partial charge in [0.25, 0.3) is 0 Å². The molecule has 0 aromatic carbocycles. The summed E-state index contributed by atoms with van der Waals surface area (Å²) in [4.78, 5) is 2.35. The number of rotatable bonds is 4. The highest BCUT2D eigenvalue weighted by atomic mass is 16.3. The molecular weight excluding hydrogens is 176 g/mol. The molecule has 0 aromatic heterocycles. The number of hydrogen-bond donors (Lipinski definition) is 2. The third-order valence-corrected chi connectivity index (χ3v) is 3.64. The van der Waals surface area contributed by atoms with Gasteiger partial charge in [-0.25, -0.2) is 0 Å². The Labute approximate surface area is 87.3 Å². The highest BCUT2D eigenvalue weighted by Gasteiger charge is 2.32. The first kappa shape index (κ1) is 12.0. The zero-order valence-electron chi connectivity index (χ0n) is 9.61. The number of nitrogens with zero attached hydrogens (tertiary/aromatic N) is 1. The third kappa shape index (κ3) is 2.47. The largest absolute Gasteiger partial charge is 0.395 e. The van der Waals surface area contributed by atoms with E-state index in [-0.39, 0.29) is 18.7 Å². The first-order valence-corrected chi connectivity index (χ1v) is 5.70. The van der Waals surface area contributed by atoms with Crippen LogP contribution in [0.1, 0.15) is 27.2 Å². The maximum Gasteiger partial charge on any atom is 0.0601 e. The van der Waals surface area contributed by atoms with Crippen LogP contribution < -0.4 is 5.73 Å². The van der Waals surface area contributed by atoms with Crippen molar-refractivity contribution in [1.82, 2.24) is 4.90 Å². The van der Waals surface area contributed by atoms with Crippen LogP contribution in [0.4, 0.5) is 0 Å². The lowest BCUT2D eigenvalue weighted by molar-refractivity contribution is 0.119. The fourth-order valence-corrected chi connectivity index (χ4v) is 2.24. The Balaban J connectivity index is 2.54. The van der Waals surface area contributed by atoms with Crippen LogP contribution in [0.2, 0.25) is 0 Å². The number of nitrogens with two attached hydrogens (primary N) is 1. The molecule has 0 aromatic rings. The van der Waals surface area contributed by atoms with E-state index in [2.05, 4.69) is 25.7 Å². The van der Waals surface area contributed by atoms with Gasteiger partial charge >= 0.3 is 0 Å². The fraction of sp³-hybridized carbons (Fsp3) is 1.00. The van der Waals surface area contributed by atoms with Crippen LogP contribution in [-0.4, -0.2) is 41.8 Å². The molecule has 84 valence electrons. The van der Waals surface area contributed by atoms with E-state index >= 15 is 0 Å². The van der Waals surface area contributed by atoms with Crippen molar-refractivity contribution in [2.24, 2.45) is 17.6 Å². The molecule has 1 rings (SSSR count). The molecule has 4 atom stereocenters. The van der Waals surface area contributed by atoms with Crippen molar-refractivity contribution >= 4 is 0 Å². The van der Waals surface area contributed by atoms with Gasteiger partial charge in [0, 0.05) is 25.2 Å². The Bertz CT molecular complexity index is 165. The lowest BCUT2D eigenvalue weighted by Crippen LogP contribution is -2.49. The minimum Gasteiger partial charge on any atom is -0.395 e. The van der Waals surface area contributed by atoms with Gasteiger partial charge in [-0.1, -0.05) is 20.8 Å². The second-order valence-corrected chi connectivity index (χ2v) is 4.73. The first-order chi connectivity index (χ1) is 6.60. The molecule has 3 nitrogen and oxygen atoms in total. The summed E-state index contributed by atoms with van der Waals surface area (Å²) < 4.78 is 0. The summed E-state index contributed by atoms with van der Waals surface area (Å²) in [6.07, 6.45) is 0.935. The summed E-state index contributed by atoms with van der Waals surface area (Å²) >= 11 is 0. The van der Waals surface area contributed by atoms with Crippen molar-refractivity contribution in [2.45, 2.75) is 39.3 Å². The van der Waals surface area contributed by atoms with Crippen LogP contribution in [-0.2, 0) is 0 Å². The molecule has 1 aliphatic heterocycles. The van der Waals surface area contributed by atoms with Crippen LogP contribution in [0.5, 0.6) is 0 Å². The van der Waals surface area contributed by atoms with E-state index in [0.29, 0.717) is 0 Å². The molecule has 3 heteroatoms. The molecule has 1 aliphatic rings. The Hall–Kier alpha value is -0.120. The van der Waals surface area contributed by atoms with Gasteiger partial charge in [-0.3, -0.25) is 4.90 Å². The molecule has 0 radical (unpaired) electrons. The molecule has 1 heterocycles. The molecule has 0 bridgehead atoms. The number of aliphatic hydroxyl groups excluding tert-OH is 1. The zero-order valence-corrected chi connectivity index (χ0v) is 9.61. The molecule has 3 N–H and O–H groups in total. The topological polar surface area (TPSA) is 49.5 Å². The smallest absolute Gasteiger partial charge is 0.0601 e. The van der Waals surface area contributed by atoms with Crippen molar-refractivity contribution in [3.05, 3.63) is 0 Å². The lowest BCUT2D eigenvalue weighted by atomic mass is 10.0. The highest BCUT2D eigenvalue weighted by Crippen LogP contribution is 2.24. The molecular formula is C11H24N2O. The number of aliphatic hydroxyl groups is 1. The SMILES string of the molecule is CCC(N)C(CO)N1CC(C)C(C)C1. The van der Waals surface area contributed by atoms with E-state index in [1.807, 2.05) is 0 Å². The summed E-state index contributed by atoms with van der Waals surface area (Å²) in [6, 6.07) is 0.268. The average molecular weight is 200 g/mol. The molecule has 1 fully saturated rings. The first-order valence-electron chi connectivity index (χ1n) is 5.70. The summed E-state index contributed by atoms with van der Waals surface area (Å²) in [7, 11) is 0. The van der Waals surface area contributed by atoms with Gasteiger partial charge in [0.05, 0.1) is 6.61 Å². The molecule has 14 heavy (non-hydrogen) atoms.